The van der Waals surface area contributed by atoms with Crippen LogP contribution in [0.3, 0.4) is 0 Å². The van der Waals surface area contributed by atoms with Crippen LogP contribution in [0.1, 0.15) is 65.3 Å². The van der Waals surface area contributed by atoms with Crippen molar-refractivity contribution in [3.05, 3.63) is 77.0 Å². The van der Waals surface area contributed by atoms with Crippen molar-refractivity contribution in [3.8, 4) is 11.3 Å². The molecule has 0 unspecified atom stereocenters. The molecule has 2 heterocycles. The maximum absolute atomic E-state index is 11.3. The van der Waals surface area contributed by atoms with Crippen LogP contribution in [0.2, 0.25) is 0 Å². The van der Waals surface area contributed by atoms with E-state index in [4.69, 9.17) is 14.2 Å². The van der Waals surface area contributed by atoms with Crippen LogP contribution in [-0.4, -0.2) is 40.4 Å². The van der Waals surface area contributed by atoms with Gasteiger partial charge >= 0.3 is 5.97 Å². The van der Waals surface area contributed by atoms with Crippen LogP contribution in [-0.2, 0) is 11.3 Å². The molecule has 1 N–H and O–H groups in total. The number of carboxylic acid groups (broad SMARTS) is 1. The molecule has 0 amide bonds. The lowest BCUT2D eigenvalue weighted by Crippen LogP contribution is -2.30. The highest BCUT2D eigenvalue weighted by atomic mass is 16.5. The summed E-state index contributed by atoms with van der Waals surface area (Å²) in [6.07, 6.45) is 5.43. The van der Waals surface area contributed by atoms with Gasteiger partial charge in [-0.25, -0.2) is 9.78 Å². The molecular formula is C30H31N3O4. The van der Waals surface area contributed by atoms with Gasteiger partial charge in [0.15, 0.2) is 0 Å². The molecule has 0 bridgehead atoms. The Morgan fingerprint density at radius 3 is 2.73 bits per heavy atom. The van der Waals surface area contributed by atoms with E-state index < -0.39 is 5.97 Å². The first-order chi connectivity index (χ1) is 18.0. The van der Waals surface area contributed by atoms with E-state index in [0.29, 0.717) is 18.6 Å². The highest BCUT2D eigenvalue weighted by Crippen LogP contribution is 2.45. The summed E-state index contributed by atoms with van der Waals surface area (Å²) < 4.78 is 12.3. The van der Waals surface area contributed by atoms with Crippen LogP contribution in [0.5, 0.6) is 0 Å². The fourth-order valence-electron chi connectivity index (χ4n) is 5.43. The quantitative estimate of drug-likeness (QED) is 0.303. The number of aromatic nitrogens is 2. The number of aromatic carboxylic acids is 1. The number of ether oxygens (including phenoxy) is 1. The molecule has 2 aromatic carbocycles. The lowest BCUT2D eigenvalue weighted by molar-refractivity contribution is 0.0441. The Labute approximate surface area is 216 Å². The lowest BCUT2D eigenvalue weighted by Gasteiger charge is -2.26. The molecule has 2 fully saturated rings. The Hall–Kier alpha value is -3.71. The van der Waals surface area contributed by atoms with Crippen molar-refractivity contribution in [2.45, 2.75) is 63.7 Å². The number of rotatable bonds is 8. The molecule has 7 nitrogen and oxygen atoms in total. The van der Waals surface area contributed by atoms with Crippen molar-refractivity contribution < 1.29 is 19.2 Å². The van der Waals surface area contributed by atoms with E-state index in [9.17, 15) is 9.90 Å². The fourth-order valence-corrected chi connectivity index (χ4v) is 5.43. The van der Waals surface area contributed by atoms with Crippen molar-refractivity contribution in [2.24, 2.45) is 0 Å². The zero-order chi connectivity index (χ0) is 25.5. The van der Waals surface area contributed by atoms with Crippen LogP contribution < -0.4 is 4.90 Å². The zero-order valence-corrected chi connectivity index (χ0v) is 21.2. The second-order valence-corrected chi connectivity index (χ2v) is 10.4. The summed E-state index contributed by atoms with van der Waals surface area (Å²) in [6.45, 7) is 2.62. The monoisotopic (exact) mass is 497 g/mol. The third kappa shape index (κ3) is 4.71. The highest BCUT2D eigenvalue weighted by molar-refractivity contribution is 5.93. The standard InChI is InChI=1S/C30H31N3O4/c1-18-5-3-4-6-24(18)28-25(29(37-32-28)19-7-8-19)17-36-23-12-11-22(16-23)33(2)27-14-10-20-15-21(30(34)35)9-13-26(20)31-27/h3-6,9-10,13-15,19,22-23H,7-8,11-12,16-17H2,1-2H3,(H,34,35)/t22-,23+/m1/s1. The van der Waals surface area contributed by atoms with E-state index in [1.165, 1.54) is 5.56 Å². The molecule has 2 saturated carbocycles. The second-order valence-electron chi connectivity index (χ2n) is 10.4. The third-order valence-corrected chi connectivity index (χ3v) is 7.82. The van der Waals surface area contributed by atoms with Crippen LogP contribution in [0.25, 0.3) is 22.2 Å². The molecule has 4 aromatic rings. The molecule has 37 heavy (non-hydrogen) atoms. The number of hydrogen-bond acceptors (Lipinski definition) is 6. The molecule has 7 heteroatoms. The van der Waals surface area contributed by atoms with Crippen LogP contribution in [0.15, 0.2) is 59.1 Å². The number of carboxylic acids is 1. The first-order valence-corrected chi connectivity index (χ1v) is 13.0. The number of anilines is 1. The Bertz CT molecular complexity index is 1460. The number of pyridine rings is 1. The summed E-state index contributed by atoms with van der Waals surface area (Å²) in [4.78, 5) is 18.3. The fraction of sp³-hybridized carbons (Fsp3) is 0.367. The minimum atomic E-state index is -0.929. The Balaban J connectivity index is 1.14. The molecular weight excluding hydrogens is 466 g/mol. The molecule has 0 aliphatic heterocycles. The Morgan fingerprint density at radius 1 is 1.11 bits per heavy atom. The van der Waals surface area contributed by atoms with Crippen LogP contribution >= 0.6 is 0 Å². The predicted octanol–water partition coefficient (Wildman–Crippen LogP) is 6.35. The van der Waals surface area contributed by atoms with Gasteiger partial charge in [0.05, 0.1) is 23.8 Å². The van der Waals surface area contributed by atoms with E-state index in [-0.39, 0.29) is 11.7 Å². The summed E-state index contributed by atoms with van der Waals surface area (Å²) in [7, 11) is 2.08. The molecule has 190 valence electrons. The van der Waals surface area contributed by atoms with Gasteiger partial charge < -0.3 is 19.3 Å². The van der Waals surface area contributed by atoms with Crippen LogP contribution in [0.4, 0.5) is 5.82 Å². The number of carbonyl (C=O) groups is 1. The second kappa shape index (κ2) is 9.63. The average Bonchev–Trinajstić information content (AvgIpc) is 3.49. The largest absolute Gasteiger partial charge is 0.478 e. The lowest BCUT2D eigenvalue weighted by atomic mass is 10.0. The first kappa shape index (κ1) is 23.7. The highest BCUT2D eigenvalue weighted by Gasteiger charge is 2.34. The zero-order valence-electron chi connectivity index (χ0n) is 21.2. The number of benzene rings is 2. The summed E-state index contributed by atoms with van der Waals surface area (Å²) in [6, 6.07) is 17.6. The Morgan fingerprint density at radius 2 is 1.95 bits per heavy atom. The van der Waals surface area contributed by atoms with E-state index in [0.717, 1.165) is 71.4 Å². The smallest absolute Gasteiger partial charge is 0.335 e. The minimum Gasteiger partial charge on any atom is -0.478 e. The van der Waals surface area contributed by atoms with Gasteiger partial charge in [0.1, 0.15) is 17.3 Å². The predicted molar refractivity (Wildman–Crippen MR) is 142 cm³/mol. The normalized spacial score (nSPS) is 19.4. The minimum absolute atomic E-state index is 0.165. The van der Waals surface area contributed by atoms with Crippen molar-refractivity contribution in [2.75, 3.05) is 11.9 Å². The molecule has 0 saturated heterocycles. The van der Waals surface area contributed by atoms with Gasteiger partial charge in [-0.15, -0.1) is 0 Å². The molecule has 2 atom stereocenters. The number of nitrogens with zero attached hydrogens (tertiary/aromatic N) is 3. The molecule has 6 rings (SSSR count). The molecule has 0 spiro atoms. The molecule has 0 radical (unpaired) electrons. The maximum Gasteiger partial charge on any atom is 0.335 e. The van der Waals surface area contributed by atoms with Crippen molar-refractivity contribution in [1.29, 1.82) is 0 Å². The van der Waals surface area contributed by atoms with Crippen LogP contribution in [0, 0.1) is 6.92 Å². The van der Waals surface area contributed by atoms with E-state index in [2.05, 4.69) is 36.2 Å². The van der Waals surface area contributed by atoms with Crippen molar-refractivity contribution in [3.63, 3.8) is 0 Å². The number of fused-ring (bicyclic) bond motifs is 1. The number of aryl methyl sites for hydroxylation is 1. The molecule has 2 aliphatic rings. The van der Waals surface area contributed by atoms with Gasteiger partial charge in [0, 0.05) is 35.5 Å². The topological polar surface area (TPSA) is 88.7 Å². The van der Waals surface area contributed by atoms with Gasteiger partial charge in [0.25, 0.3) is 0 Å². The summed E-state index contributed by atoms with van der Waals surface area (Å²) >= 11 is 0. The van der Waals surface area contributed by atoms with E-state index in [1.54, 1.807) is 18.2 Å². The van der Waals surface area contributed by atoms with E-state index in [1.807, 2.05) is 24.3 Å². The average molecular weight is 498 g/mol. The number of hydrogen-bond donors (Lipinski definition) is 1. The van der Waals surface area contributed by atoms with Gasteiger partial charge in [-0.1, -0.05) is 29.4 Å². The summed E-state index contributed by atoms with van der Waals surface area (Å²) in [5, 5.41) is 14.5. The van der Waals surface area contributed by atoms with E-state index >= 15 is 0 Å². The van der Waals surface area contributed by atoms with Gasteiger partial charge in [-0.05, 0) is 74.9 Å². The SMILES string of the molecule is Cc1ccccc1-c1noc(C2CC2)c1CO[C@H]1CC[C@@H](N(C)c2ccc3cc(C(=O)O)ccc3n2)C1. The third-order valence-electron chi connectivity index (χ3n) is 7.82. The van der Waals surface area contributed by atoms with Gasteiger partial charge in [0.2, 0.25) is 0 Å². The summed E-state index contributed by atoms with van der Waals surface area (Å²) in [5.74, 6) is 1.42. The van der Waals surface area contributed by atoms with Gasteiger partial charge in [-0.2, -0.15) is 0 Å². The first-order valence-electron chi connectivity index (χ1n) is 13.0. The molecule has 2 aromatic heterocycles. The maximum atomic E-state index is 11.3. The summed E-state index contributed by atoms with van der Waals surface area (Å²) in [5.41, 5.74) is 5.38. The van der Waals surface area contributed by atoms with Crippen molar-refractivity contribution >= 4 is 22.7 Å². The van der Waals surface area contributed by atoms with Crippen molar-refractivity contribution in [1.82, 2.24) is 10.1 Å². The van der Waals surface area contributed by atoms with Gasteiger partial charge in [-0.3, -0.25) is 0 Å². The Kier molecular flexibility index (Phi) is 6.16. The molecule has 2 aliphatic carbocycles.